The molecule has 1 fully saturated rings. The maximum atomic E-state index is 6.53. The molecule has 1 aromatic carbocycles. The molecule has 2 heterocycles. The molecule has 20 heavy (non-hydrogen) atoms. The molecular weight excluding hydrogens is 248 g/mol. The molecule has 108 valence electrons. The van der Waals surface area contributed by atoms with Gasteiger partial charge in [0.15, 0.2) is 0 Å². The number of nitrogens with one attached hydrogen (secondary N) is 1. The van der Waals surface area contributed by atoms with Crippen molar-refractivity contribution in [2.24, 2.45) is 12.8 Å². The lowest BCUT2D eigenvalue weighted by Gasteiger charge is -2.29. The number of aromatic nitrogens is 1. The third-order valence-corrected chi connectivity index (χ3v) is 4.48. The van der Waals surface area contributed by atoms with Gasteiger partial charge in [0.2, 0.25) is 0 Å². The summed E-state index contributed by atoms with van der Waals surface area (Å²) in [4.78, 5) is 2.46. The third-order valence-electron chi connectivity index (χ3n) is 4.48. The molecule has 0 radical (unpaired) electrons. The quantitative estimate of drug-likeness (QED) is 0.887. The SMILES string of the molecule is Cc1c(C(N)CN2CCNCC2)c2ccccc2n1C. The lowest BCUT2D eigenvalue weighted by molar-refractivity contribution is 0.228. The van der Waals surface area contributed by atoms with Gasteiger partial charge in [-0.05, 0) is 18.6 Å². The van der Waals surface area contributed by atoms with Gasteiger partial charge in [-0.2, -0.15) is 0 Å². The van der Waals surface area contributed by atoms with Crippen molar-refractivity contribution in [1.82, 2.24) is 14.8 Å². The summed E-state index contributed by atoms with van der Waals surface area (Å²) in [6.45, 7) is 7.45. The standard InChI is InChI=1S/C16H24N4/c1-12-16(13-5-3-4-6-15(13)19(12)2)14(17)11-20-9-7-18-8-10-20/h3-6,14,18H,7-11,17H2,1-2H3. The van der Waals surface area contributed by atoms with Crippen LogP contribution < -0.4 is 11.1 Å². The van der Waals surface area contributed by atoms with Crippen molar-refractivity contribution in [2.45, 2.75) is 13.0 Å². The van der Waals surface area contributed by atoms with Crippen molar-refractivity contribution in [3.8, 4) is 0 Å². The Morgan fingerprint density at radius 1 is 1.25 bits per heavy atom. The normalized spacial score (nSPS) is 18.6. The number of aryl methyl sites for hydroxylation is 1. The Hall–Kier alpha value is -1.36. The molecule has 4 nitrogen and oxygen atoms in total. The number of hydrogen-bond donors (Lipinski definition) is 2. The van der Waals surface area contributed by atoms with Crippen LogP contribution in [-0.2, 0) is 7.05 Å². The van der Waals surface area contributed by atoms with Gasteiger partial charge in [-0.25, -0.2) is 0 Å². The minimum Gasteiger partial charge on any atom is -0.348 e. The number of nitrogens with zero attached hydrogens (tertiary/aromatic N) is 2. The van der Waals surface area contributed by atoms with E-state index in [-0.39, 0.29) is 6.04 Å². The van der Waals surface area contributed by atoms with Gasteiger partial charge in [-0.3, -0.25) is 4.90 Å². The van der Waals surface area contributed by atoms with Crippen LogP contribution >= 0.6 is 0 Å². The first-order valence-corrected chi connectivity index (χ1v) is 7.41. The van der Waals surface area contributed by atoms with Crippen molar-refractivity contribution in [1.29, 1.82) is 0 Å². The maximum Gasteiger partial charge on any atom is 0.0483 e. The van der Waals surface area contributed by atoms with E-state index in [9.17, 15) is 0 Å². The topological polar surface area (TPSA) is 46.2 Å². The van der Waals surface area contributed by atoms with Crippen molar-refractivity contribution in [2.75, 3.05) is 32.7 Å². The summed E-state index contributed by atoms with van der Waals surface area (Å²) >= 11 is 0. The molecule has 1 aliphatic heterocycles. The Balaban J connectivity index is 1.90. The Morgan fingerprint density at radius 3 is 2.70 bits per heavy atom. The second-order valence-electron chi connectivity index (χ2n) is 5.73. The molecule has 1 aliphatic rings. The predicted octanol–water partition coefficient (Wildman–Crippen LogP) is 1.39. The number of nitrogens with two attached hydrogens (primary N) is 1. The number of fused-ring (bicyclic) bond motifs is 1. The van der Waals surface area contributed by atoms with Crippen molar-refractivity contribution in [3.63, 3.8) is 0 Å². The van der Waals surface area contributed by atoms with E-state index in [0.717, 1.165) is 32.7 Å². The van der Waals surface area contributed by atoms with E-state index in [1.165, 1.54) is 22.2 Å². The van der Waals surface area contributed by atoms with Crippen LogP contribution in [-0.4, -0.2) is 42.2 Å². The number of piperazine rings is 1. The summed E-state index contributed by atoms with van der Waals surface area (Å²) in [5, 5.41) is 4.69. The first kappa shape index (κ1) is 13.6. The second kappa shape index (κ2) is 5.56. The molecule has 4 heteroatoms. The van der Waals surface area contributed by atoms with Crippen LogP contribution in [0.5, 0.6) is 0 Å². The highest BCUT2D eigenvalue weighted by Gasteiger charge is 2.20. The predicted molar refractivity (Wildman–Crippen MR) is 83.9 cm³/mol. The van der Waals surface area contributed by atoms with E-state index in [0.29, 0.717) is 0 Å². The Kier molecular flexibility index (Phi) is 3.78. The zero-order chi connectivity index (χ0) is 14.1. The van der Waals surface area contributed by atoms with Gasteiger partial charge in [0.1, 0.15) is 0 Å². The summed E-state index contributed by atoms with van der Waals surface area (Å²) in [6.07, 6.45) is 0. The highest BCUT2D eigenvalue weighted by Crippen LogP contribution is 2.29. The van der Waals surface area contributed by atoms with E-state index in [4.69, 9.17) is 5.73 Å². The fourth-order valence-corrected chi connectivity index (χ4v) is 3.28. The molecule has 0 aliphatic carbocycles. The molecule has 0 saturated carbocycles. The molecule has 1 atom stereocenters. The first-order valence-electron chi connectivity index (χ1n) is 7.41. The van der Waals surface area contributed by atoms with Crippen LogP contribution in [0.15, 0.2) is 24.3 Å². The molecule has 3 rings (SSSR count). The molecule has 2 aromatic rings. The summed E-state index contributed by atoms with van der Waals surface area (Å²) < 4.78 is 2.25. The second-order valence-corrected chi connectivity index (χ2v) is 5.73. The largest absolute Gasteiger partial charge is 0.348 e. The molecule has 0 amide bonds. The van der Waals surface area contributed by atoms with Crippen LogP contribution in [0.2, 0.25) is 0 Å². The van der Waals surface area contributed by atoms with Crippen molar-refractivity contribution < 1.29 is 0 Å². The Labute approximate surface area is 120 Å². The third kappa shape index (κ3) is 2.35. The minimum absolute atomic E-state index is 0.0826. The van der Waals surface area contributed by atoms with E-state index in [2.05, 4.69) is 53.0 Å². The van der Waals surface area contributed by atoms with Gasteiger partial charge in [0.05, 0.1) is 0 Å². The minimum atomic E-state index is 0.0826. The number of rotatable bonds is 3. The van der Waals surface area contributed by atoms with Crippen LogP contribution in [0.25, 0.3) is 10.9 Å². The van der Waals surface area contributed by atoms with E-state index >= 15 is 0 Å². The van der Waals surface area contributed by atoms with Crippen LogP contribution in [0.4, 0.5) is 0 Å². The molecule has 1 saturated heterocycles. The van der Waals surface area contributed by atoms with Crippen molar-refractivity contribution in [3.05, 3.63) is 35.5 Å². The lowest BCUT2D eigenvalue weighted by Crippen LogP contribution is -2.46. The Bertz CT molecular complexity index is 596. The molecule has 0 bridgehead atoms. The molecular formula is C16H24N4. The average Bonchev–Trinajstić information content (AvgIpc) is 2.72. The number of benzene rings is 1. The molecule has 1 unspecified atom stereocenters. The lowest BCUT2D eigenvalue weighted by atomic mass is 10.0. The van der Waals surface area contributed by atoms with E-state index in [1.54, 1.807) is 0 Å². The molecule has 1 aromatic heterocycles. The monoisotopic (exact) mass is 272 g/mol. The number of hydrogen-bond acceptors (Lipinski definition) is 3. The summed E-state index contributed by atoms with van der Waals surface area (Å²) in [5.74, 6) is 0. The highest BCUT2D eigenvalue weighted by molar-refractivity contribution is 5.86. The zero-order valence-electron chi connectivity index (χ0n) is 12.4. The van der Waals surface area contributed by atoms with Gasteiger partial charge >= 0.3 is 0 Å². The Morgan fingerprint density at radius 2 is 1.95 bits per heavy atom. The van der Waals surface area contributed by atoms with Gasteiger partial charge in [-0.15, -0.1) is 0 Å². The van der Waals surface area contributed by atoms with Gasteiger partial charge in [0, 0.05) is 62.4 Å². The average molecular weight is 272 g/mol. The summed E-state index contributed by atoms with van der Waals surface area (Å²) in [6, 6.07) is 8.63. The highest BCUT2D eigenvalue weighted by atomic mass is 15.2. The van der Waals surface area contributed by atoms with Crippen molar-refractivity contribution >= 4 is 10.9 Å². The maximum absolute atomic E-state index is 6.53. The summed E-state index contributed by atoms with van der Waals surface area (Å²) in [5.41, 5.74) is 10.4. The van der Waals surface area contributed by atoms with E-state index < -0.39 is 0 Å². The van der Waals surface area contributed by atoms with Crippen LogP contribution in [0.3, 0.4) is 0 Å². The van der Waals surface area contributed by atoms with Gasteiger partial charge in [-0.1, -0.05) is 18.2 Å². The van der Waals surface area contributed by atoms with Gasteiger partial charge < -0.3 is 15.6 Å². The van der Waals surface area contributed by atoms with E-state index in [1.807, 2.05) is 0 Å². The van der Waals surface area contributed by atoms with Gasteiger partial charge in [0.25, 0.3) is 0 Å². The first-order chi connectivity index (χ1) is 9.68. The zero-order valence-corrected chi connectivity index (χ0v) is 12.4. The molecule has 0 spiro atoms. The van der Waals surface area contributed by atoms with Crippen LogP contribution in [0, 0.1) is 6.92 Å². The summed E-state index contributed by atoms with van der Waals surface area (Å²) in [7, 11) is 2.12. The fourth-order valence-electron chi connectivity index (χ4n) is 3.28. The smallest absolute Gasteiger partial charge is 0.0483 e. The fraction of sp³-hybridized carbons (Fsp3) is 0.500. The number of para-hydroxylation sites is 1. The van der Waals surface area contributed by atoms with Crippen LogP contribution in [0.1, 0.15) is 17.3 Å². The molecule has 3 N–H and O–H groups in total.